The first-order chi connectivity index (χ1) is 14.2. The fraction of sp³-hybridized carbons (Fsp3) is 0.360. The van der Waals surface area contributed by atoms with Crippen LogP contribution in [-0.4, -0.2) is 35.4 Å². The van der Waals surface area contributed by atoms with Gasteiger partial charge in [0.25, 0.3) is 0 Å². The normalized spacial score (nSPS) is 14.8. The van der Waals surface area contributed by atoms with Crippen molar-refractivity contribution in [1.29, 1.82) is 0 Å². The molecule has 1 aliphatic rings. The Hall–Kier alpha value is -2.88. The summed E-state index contributed by atoms with van der Waals surface area (Å²) in [5.74, 6) is 0.748. The van der Waals surface area contributed by atoms with Gasteiger partial charge in [0, 0.05) is 43.8 Å². The summed E-state index contributed by atoms with van der Waals surface area (Å²) in [6, 6.07) is 14.2. The van der Waals surface area contributed by atoms with Gasteiger partial charge in [-0.15, -0.1) is 0 Å². The average Bonchev–Trinajstić information content (AvgIpc) is 2.79. The second kappa shape index (κ2) is 11.2. The van der Waals surface area contributed by atoms with E-state index in [9.17, 15) is 4.79 Å². The first kappa shape index (κ1) is 20.8. The molecule has 0 aliphatic carbocycles. The van der Waals surface area contributed by atoms with E-state index in [1.807, 2.05) is 18.2 Å². The van der Waals surface area contributed by atoms with Gasteiger partial charge in [-0.2, -0.15) is 0 Å². The number of nitrogens with one attached hydrogen (secondary N) is 1. The number of hydrogen-bond donors (Lipinski definition) is 1. The number of carbonyl (C=O) groups is 1. The molecule has 29 heavy (non-hydrogen) atoms. The Balaban J connectivity index is 1.27. The van der Waals surface area contributed by atoms with E-state index in [-0.39, 0.29) is 5.91 Å². The van der Waals surface area contributed by atoms with Gasteiger partial charge in [-0.25, -0.2) is 0 Å². The van der Waals surface area contributed by atoms with Gasteiger partial charge >= 0.3 is 0 Å². The third-order valence-electron chi connectivity index (χ3n) is 5.55. The Morgan fingerprint density at radius 2 is 1.93 bits per heavy atom. The number of nitrogens with zero attached hydrogens (tertiary/aromatic N) is 2. The van der Waals surface area contributed by atoms with E-state index in [2.05, 4.69) is 46.0 Å². The molecule has 0 unspecified atom stereocenters. The number of likely N-dealkylation sites (tertiary alicyclic amines) is 1. The molecule has 0 bridgehead atoms. The standard InChI is InChI=1S/C25H31N3O/c1-21(24-10-3-2-4-11-24)28-18-14-22(15-19-28)8-5-6-17-27-25(29)13-12-23-9-7-16-26-20-23/h2-4,7,9-13,16,20,22H,1,5-6,8,14-15,17-19H2,(H,27,29)/b13-12+. The van der Waals surface area contributed by atoms with Crippen LogP contribution in [0.2, 0.25) is 0 Å². The highest BCUT2D eigenvalue weighted by Gasteiger charge is 2.20. The van der Waals surface area contributed by atoms with Crippen molar-refractivity contribution in [2.24, 2.45) is 5.92 Å². The Labute approximate surface area is 174 Å². The van der Waals surface area contributed by atoms with Crippen LogP contribution in [-0.2, 0) is 4.79 Å². The lowest BCUT2D eigenvalue weighted by atomic mass is 9.91. The quantitative estimate of drug-likeness (QED) is 0.497. The summed E-state index contributed by atoms with van der Waals surface area (Å²) in [5.41, 5.74) is 3.30. The Morgan fingerprint density at radius 1 is 1.14 bits per heavy atom. The fourth-order valence-electron chi connectivity index (χ4n) is 3.78. The van der Waals surface area contributed by atoms with E-state index >= 15 is 0 Å². The second-order valence-electron chi connectivity index (χ2n) is 7.65. The molecule has 0 spiro atoms. The third kappa shape index (κ3) is 6.90. The first-order valence-corrected chi connectivity index (χ1v) is 10.6. The number of piperidine rings is 1. The van der Waals surface area contributed by atoms with E-state index in [0.29, 0.717) is 0 Å². The summed E-state index contributed by atoms with van der Waals surface area (Å²) >= 11 is 0. The van der Waals surface area contributed by atoms with Gasteiger partial charge < -0.3 is 10.2 Å². The lowest BCUT2D eigenvalue weighted by Gasteiger charge is -2.35. The van der Waals surface area contributed by atoms with Crippen molar-refractivity contribution in [3.63, 3.8) is 0 Å². The van der Waals surface area contributed by atoms with Gasteiger partial charge in [0.1, 0.15) is 0 Å². The molecule has 2 heterocycles. The molecule has 1 aromatic heterocycles. The van der Waals surface area contributed by atoms with Crippen molar-refractivity contribution in [2.75, 3.05) is 19.6 Å². The van der Waals surface area contributed by atoms with Crippen molar-refractivity contribution in [3.05, 3.63) is 78.6 Å². The molecule has 2 aromatic rings. The number of benzene rings is 1. The summed E-state index contributed by atoms with van der Waals surface area (Å²) < 4.78 is 0. The number of aromatic nitrogens is 1. The van der Waals surface area contributed by atoms with Gasteiger partial charge in [0.15, 0.2) is 0 Å². The number of hydrogen-bond acceptors (Lipinski definition) is 3. The maximum atomic E-state index is 11.9. The number of unbranched alkanes of at least 4 members (excludes halogenated alkanes) is 1. The predicted molar refractivity (Wildman–Crippen MR) is 120 cm³/mol. The largest absolute Gasteiger partial charge is 0.372 e. The molecule has 3 rings (SSSR count). The van der Waals surface area contributed by atoms with Crippen molar-refractivity contribution < 1.29 is 4.79 Å². The smallest absolute Gasteiger partial charge is 0.243 e. The Morgan fingerprint density at radius 3 is 2.66 bits per heavy atom. The minimum Gasteiger partial charge on any atom is -0.372 e. The van der Waals surface area contributed by atoms with Crippen LogP contribution in [0.4, 0.5) is 0 Å². The molecule has 4 nitrogen and oxygen atoms in total. The van der Waals surface area contributed by atoms with Crippen LogP contribution in [0.1, 0.15) is 43.2 Å². The molecule has 1 saturated heterocycles. The Bertz CT molecular complexity index is 793. The minimum atomic E-state index is -0.0402. The number of rotatable bonds is 9. The van der Waals surface area contributed by atoms with Gasteiger partial charge in [0.05, 0.1) is 0 Å². The molecule has 1 N–H and O–H groups in total. The number of pyridine rings is 1. The zero-order valence-electron chi connectivity index (χ0n) is 17.1. The van der Waals surface area contributed by atoms with E-state index < -0.39 is 0 Å². The summed E-state index contributed by atoms with van der Waals surface area (Å²) in [6.07, 6.45) is 12.7. The lowest BCUT2D eigenvalue weighted by Crippen LogP contribution is -2.32. The Kier molecular flexibility index (Phi) is 8.05. The van der Waals surface area contributed by atoms with Crippen LogP contribution in [0.5, 0.6) is 0 Å². The highest BCUT2D eigenvalue weighted by Crippen LogP contribution is 2.27. The summed E-state index contributed by atoms with van der Waals surface area (Å²) in [5, 5.41) is 2.96. The first-order valence-electron chi connectivity index (χ1n) is 10.6. The van der Waals surface area contributed by atoms with Gasteiger partial charge in [-0.05, 0) is 48.4 Å². The molecule has 0 radical (unpaired) electrons. The van der Waals surface area contributed by atoms with Crippen molar-refractivity contribution >= 4 is 17.7 Å². The summed E-state index contributed by atoms with van der Waals surface area (Å²) in [6.45, 7) is 7.21. The van der Waals surface area contributed by atoms with Gasteiger partial charge in [0.2, 0.25) is 5.91 Å². The summed E-state index contributed by atoms with van der Waals surface area (Å²) in [4.78, 5) is 18.3. The minimum absolute atomic E-state index is 0.0402. The number of carbonyl (C=O) groups excluding carboxylic acids is 1. The van der Waals surface area contributed by atoms with Crippen LogP contribution in [0.3, 0.4) is 0 Å². The topological polar surface area (TPSA) is 45.2 Å². The van der Waals surface area contributed by atoms with Crippen LogP contribution < -0.4 is 5.32 Å². The van der Waals surface area contributed by atoms with E-state index in [0.717, 1.165) is 49.7 Å². The van der Waals surface area contributed by atoms with E-state index in [1.54, 1.807) is 24.5 Å². The number of amides is 1. The molecule has 1 fully saturated rings. The molecule has 1 aromatic carbocycles. The molecular formula is C25H31N3O. The van der Waals surface area contributed by atoms with Crippen molar-refractivity contribution in [2.45, 2.75) is 32.1 Å². The van der Waals surface area contributed by atoms with E-state index in [1.165, 1.54) is 24.8 Å². The molecular weight excluding hydrogens is 358 g/mol. The van der Waals surface area contributed by atoms with Gasteiger partial charge in [-0.3, -0.25) is 9.78 Å². The van der Waals surface area contributed by atoms with Crippen LogP contribution in [0.15, 0.2) is 67.5 Å². The molecule has 152 valence electrons. The second-order valence-corrected chi connectivity index (χ2v) is 7.65. The monoisotopic (exact) mass is 389 g/mol. The molecule has 4 heteroatoms. The molecule has 1 amide bonds. The van der Waals surface area contributed by atoms with Crippen molar-refractivity contribution in [1.82, 2.24) is 15.2 Å². The van der Waals surface area contributed by atoms with E-state index in [4.69, 9.17) is 0 Å². The zero-order chi connectivity index (χ0) is 20.3. The molecule has 0 saturated carbocycles. The molecule has 1 aliphatic heterocycles. The van der Waals surface area contributed by atoms with Crippen LogP contribution >= 0.6 is 0 Å². The summed E-state index contributed by atoms with van der Waals surface area (Å²) in [7, 11) is 0. The zero-order valence-corrected chi connectivity index (χ0v) is 17.1. The van der Waals surface area contributed by atoms with Crippen LogP contribution in [0, 0.1) is 5.92 Å². The van der Waals surface area contributed by atoms with Crippen molar-refractivity contribution in [3.8, 4) is 0 Å². The fourth-order valence-corrected chi connectivity index (χ4v) is 3.78. The maximum Gasteiger partial charge on any atom is 0.243 e. The van der Waals surface area contributed by atoms with Crippen LogP contribution in [0.25, 0.3) is 11.8 Å². The molecule has 0 atom stereocenters. The SMILES string of the molecule is C=C(c1ccccc1)N1CCC(CCCCNC(=O)/C=C/c2cccnc2)CC1. The predicted octanol–water partition coefficient (Wildman–Crippen LogP) is 4.76. The highest BCUT2D eigenvalue weighted by molar-refractivity contribution is 5.91. The van der Waals surface area contributed by atoms with Gasteiger partial charge in [-0.1, -0.05) is 55.8 Å². The lowest BCUT2D eigenvalue weighted by molar-refractivity contribution is -0.116. The third-order valence-corrected chi connectivity index (χ3v) is 5.55. The highest BCUT2D eigenvalue weighted by atomic mass is 16.1. The average molecular weight is 390 g/mol. The maximum absolute atomic E-state index is 11.9.